The van der Waals surface area contributed by atoms with Gasteiger partial charge in [-0.2, -0.15) is 0 Å². The van der Waals surface area contributed by atoms with Gasteiger partial charge in [-0.25, -0.2) is 0 Å². The molecule has 2 aromatic carbocycles. The highest BCUT2D eigenvalue weighted by molar-refractivity contribution is 6.06. The Morgan fingerprint density at radius 3 is 2.76 bits per heavy atom. The number of aliphatic hydroxyl groups is 1. The summed E-state index contributed by atoms with van der Waals surface area (Å²) in [4.78, 5) is 19.0. The van der Waals surface area contributed by atoms with Gasteiger partial charge in [-0.3, -0.25) is 9.78 Å². The second-order valence-corrected chi connectivity index (χ2v) is 5.64. The van der Waals surface area contributed by atoms with E-state index in [4.69, 9.17) is 4.74 Å². The normalized spacial score (nSPS) is 10.6. The Bertz CT molecular complexity index is 874. The van der Waals surface area contributed by atoms with Crippen molar-refractivity contribution in [2.45, 2.75) is 6.54 Å². The predicted octanol–water partition coefficient (Wildman–Crippen LogP) is 2.88. The average molecular weight is 336 g/mol. The topological polar surface area (TPSA) is 62.7 Å². The molecule has 5 nitrogen and oxygen atoms in total. The summed E-state index contributed by atoms with van der Waals surface area (Å²) in [7, 11) is 1.60. The van der Waals surface area contributed by atoms with E-state index in [0.717, 1.165) is 22.2 Å². The maximum Gasteiger partial charge on any atom is 0.254 e. The number of para-hydroxylation sites is 1. The fourth-order valence-electron chi connectivity index (χ4n) is 2.87. The van der Waals surface area contributed by atoms with Crippen LogP contribution >= 0.6 is 0 Å². The number of ether oxygens (including phenoxy) is 1. The Balaban J connectivity index is 1.95. The van der Waals surface area contributed by atoms with Crippen LogP contribution in [-0.2, 0) is 6.54 Å². The van der Waals surface area contributed by atoms with Gasteiger partial charge in [0, 0.05) is 35.8 Å². The number of amides is 1. The van der Waals surface area contributed by atoms with E-state index >= 15 is 0 Å². The number of pyridine rings is 1. The van der Waals surface area contributed by atoms with Gasteiger partial charge in [-0.05, 0) is 24.3 Å². The van der Waals surface area contributed by atoms with Crippen LogP contribution in [0.4, 0.5) is 0 Å². The molecule has 0 saturated carbocycles. The number of aromatic nitrogens is 1. The van der Waals surface area contributed by atoms with Gasteiger partial charge < -0.3 is 14.7 Å². The number of aliphatic hydroxyl groups excluding tert-OH is 1. The Hall–Kier alpha value is -2.92. The molecule has 3 rings (SSSR count). The van der Waals surface area contributed by atoms with Crippen LogP contribution in [0.1, 0.15) is 15.9 Å². The number of benzene rings is 2. The van der Waals surface area contributed by atoms with E-state index in [2.05, 4.69) is 4.98 Å². The molecule has 0 atom stereocenters. The van der Waals surface area contributed by atoms with Gasteiger partial charge in [0.05, 0.1) is 19.2 Å². The number of carbonyl (C=O) groups excluding carboxylic acids is 1. The van der Waals surface area contributed by atoms with E-state index in [0.29, 0.717) is 12.1 Å². The Kier molecular flexibility index (Phi) is 5.26. The zero-order valence-electron chi connectivity index (χ0n) is 14.1. The van der Waals surface area contributed by atoms with Crippen molar-refractivity contribution in [2.24, 2.45) is 0 Å². The smallest absolute Gasteiger partial charge is 0.254 e. The molecule has 0 spiro atoms. The summed E-state index contributed by atoms with van der Waals surface area (Å²) in [5.41, 5.74) is 2.24. The lowest BCUT2D eigenvalue weighted by molar-refractivity contribution is 0.0708. The molecule has 0 fully saturated rings. The molecule has 0 radical (unpaired) electrons. The van der Waals surface area contributed by atoms with E-state index in [1.807, 2.05) is 48.5 Å². The summed E-state index contributed by atoms with van der Waals surface area (Å²) in [5, 5.41) is 10.2. The summed E-state index contributed by atoms with van der Waals surface area (Å²) in [6.45, 7) is 0.498. The SMILES string of the molecule is COc1ccccc1CN(CCO)C(=O)c1cccc2ncccc12. The van der Waals surface area contributed by atoms with Crippen LogP contribution in [0.2, 0.25) is 0 Å². The zero-order valence-corrected chi connectivity index (χ0v) is 14.1. The highest BCUT2D eigenvalue weighted by Crippen LogP contribution is 2.22. The monoisotopic (exact) mass is 336 g/mol. The summed E-state index contributed by atoms with van der Waals surface area (Å²) in [6.07, 6.45) is 1.71. The second kappa shape index (κ2) is 7.77. The molecule has 25 heavy (non-hydrogen) atoms. The molecule has 1 aromatic heterocycles. The minimum atomic E-state index is -0.140. The van der Waals surface area contributed by atoms with Crippen molar-refractivity contribution in [3.63, 3.8) is 0 Å². The number of hydrogen-bond donors (Lipinski definition) is 1. The third-order valence-corrected chi connectivity index (χ3v) is 4.09. The molecule has 1 amide bonds. The number of nitrogens with zero attached hydrogens (tertiary/aromatic N) is 2. The van der Waals surface area contributed by atoms with Gasteiger partial charge in [-0.1, -0.05) is 30.3 Å². The van der Waals surface area contributed by atoms with Crippen LogP contribution in [0.25, 0.3) is 10.9 Å². The lowest BCUT2D eigenvalue weighted by Crippen LogP contribution is -2.33. The molecule has 5 heteroatoms. The van der Waals surface area contributed by atoms with Crippen molar-refractivity contribution in [2.75, 3.05) is 20.3 Å². The molecule has 0 saturated heterocycles. The molecule has 3 aromatic rings. The molecule has 0 aliphatic heterocycles. The van der Waals surface area contributed by atoms with E-state index in [1.165, 1.54) is 0 Å². The van der Waals surface area contributed by atoms with E-state index in [9.17, 15) is 9.90 Å². The largest absolute Gasteiger partial charge is 0.496 e. The van der Waals surface area contributed by atoms with Gasteiger partial charge in [0.15, 0.2) is 0 Å². The fraction of sp³-hybridized carbons (Fsp3) is 0.200. The third kappa shape index (κ3) is 3.61. The van der Waals surface area contributed by atoms with E-state index in [-0.39, 0.29) is 19.1 Å². The predicted molar refractivity (Wildman–Crippen MR) is 96.6 cm³/mol. The van der Waals surface area contributed by atoms with Crippen LogP contribution in [0.3, 0.4) is 0 Å². The molecule has 128 valence electrons. The maximum absolute atomic E-state index is 13.1. The van der Waals surface area contributed by atoms with Crippen molar-refractivity contribution >= 4 is 16.8 Å². The van der Waals surface area contributed by atoms with Gasteiger partial charge >= 0.3 is 0 Å². The lowest BCUT2D eigenvalue weighted by atomic mass is 10.1. The minimum Gasteiger partial charge on any atom is -0.496 e. The highest BCUT2D eigenvalue weighted by atomic mass is 16.5. The average Bonchev–Trinajstić information content (AvgIpc) is 2.67. The van der Waals surface area contributed by atoms with Crippen molar-refractivity contribution in [1.29, 1.82) is 0 Å². The van der Waals surface area contributed by atoms with Gasteiger partial charge in [-0.15, -0.1) is 0 Å². The summed E-state index contributed by atoms with van der Waals surface area (Å²) >= 11 is 0. The molecule has 1 N–H and O–H groups in total. The van der Waals surface area contributed by atoms with Crippen LogP contribution in [-0.4, -0.2) is 41.2 Å². The third-order valence-electron chi connectivity index (χ3n) is 4.09. The molecule has 1 heterocycles. The van der Waals surface area contributed by atoms with E-state index < -0.39 is 0 Å². The van der Waals surface area contributed by atoms with Gasteiger partial charge in [0.2, 0.25) is 0 Å². The van der Waals surface area contributed by atoms with Crippen molar-refractivity contribution in [3.05, 3.63) is 71.9 Å². The number of rotatable bonds is 6. The fourth-order valence-corrected chi connectivity index (χ4v) is 2.87. The van der Waals surface area contributed by atoms with Crippen LogP contribution in [0.15, 0.2) is 60.8 Å². The molecular formula is C20H20N2O3. The lowest BCUT2D eigenvalue weighted by Gasteiger charge is -2.23. The first-order valence-corrected chi connectivity index (χ1v) is 8.10. The first kappa shape index (κ1) is 16.9. The molecule has 0 bridgehead atoms. The second-order valence-electron chi connectivity index (χ2n) is 5.64. The molecule has 0 aliphatic rings. The van der Waals surface area contributed by atoms with E-state index in [1.54, 1.807) is 24.3 Å². The first-order valence-electron chi connectivity index (χ1n) is 8.10. The number of methoxy groups -OCH3 is 1. The molecular weight excluding hydrogens is 316 g/mol. The Labute approximate surface area is 146 Å². The number of hydrogen-bond acceptors (Lipinski definition) is 4. The van der Waals surface area contributed by atoms with Crippen LogP contribution in [0, 0.1) is 0 Å². The first-order chi connectivity index (χ1) is 12.2. The van der Waals surface area contributed by atoms with Gasteiger partial charge in [0.1, 0.15) is 5.75 Å². The number of carbonyl (C=O) groups is 1. The zero-order chi connectivity index (χ0) is 17.6. The quantitative estimate of drug-likeness (QED) is 0.752. The van der Waals surface area contributed by atoms with Crippen molar-refractivity contribution < 1.29 is 14.6 Å². The highest BCUT2D eigenvalue weighted by Gasteiger charge is 2.19. The summed E-state index contributed by atoms with van der Waals surface area (Å²) in [6, 6.07) is 16.8. The van der Waals surface area contributed by atoms with Crippen molar-refractivity contribution in [1.82, 2.24) is 9.88 Å². The van der Waals surface area contributed by atoms with Crippen molar-refractivity contribution in [3.8, 4) is 5.75 Å². The Morgan fingerprint density at radius 2 is 1.96 bits per heavy atom. The molecule has 0 aliphatic carbocycles. The number of fused-ring (bicyclic) bond motifs is 1. The van der Waals surface area contributed by atoms with Gasteiger partial charge in [0.25, 0.3) is 5.91 Å². The molecule has 0 unspecified atom stereocenters. The Morgan fingerprint density at radius 1 is 1.12 bits per heavy atom. The van der Waals surface area contributed by atoms with Crippen LogP contribution in [0.5, 0.6) is 5.75 Å². The summed E-state index contributed by atoms with van der Waals surface area (Å²) in [5.74, 6) is 0.580. The summed E-state index contributed by atoms with van der Waals surface area (Å²) < 4.78 is 5.37. The van der Waals surface area contributed by atoms with Crippen LogP contribution < -0.4 is 4.74 Å². The maximum atomic E-state index is 13.1. The minimum absolute atomic E-state index is 0.107. The standard InChI is InChI=1S/C20H20N2O3/c1-25-19-10-3-2-6-15(19)14-22(12-13-23)20(24)17-7-4-9-18-16(17)8-5-11-21-18/h2-11,23H,12-14H2,1H3.